The SMILES string of the molecule is COc1ccc(Br)cc1COC(=O)[C@@H](NC(=O)c1ccccc1Cl)C(C)C. The summed E-state index contributed by atoms with van der Waals surface area (Å²) in [6.07, 6.45) is 0. The van der Waals surface area contributed by atoms with Gasteiger partial charge in [0.05, 0.1) is 17.7 Å². The molecule has 0 saturated heterocycles. The van der Waals surface area contributed by atoms with Crippen molar-refractivity contribution in [3.8, 4) is 5.75 Å². The largest absolute Gasteiger partial charge is 0.496 e. The Labute approximate surface area is 172 Å². The van der Waals surface area contributed by atoms with Crippen molar-refractivity contribution >= 4 is 39.4 Å². The highest BCUT2D eigenvalue weighted by Gasteiger charge is 2.27. The van der Waals surface area contributed by atoms with Crippen LogP contribution < -0.4 is 10.1 Å². The smallest absolute Gasteiger partial charge is 0.329 e. The number of hydrogen-bond donors (Lipinski definition) is 1. The molecule has 0 unspecified atom stereocenters. The number of carbonyl (C=O) groups is 2. The molecular formula is C20H21BrClNO4. The number of esters is 1. The zero-order chi connectivity index (χ0) is 20.0. The molecule has 7 heteroatoms. The molecule has 0 bridgehead atoms. The summed E-state index contributed by atoms with van der Waals surface area (Å²) >= 11 is 9.44. The van der Waals surface area contributed by atoms with Gasteiger partial charge in [0.2, 0.25) is 0 Å². The van der Waals surface area contributed by atoms with Crippen LogP contribution in [0.3, 0.4) is 0 Å². The first kappa shape index (κ1) is 21.3. The fourth-order valence-electron chi connectivity index (χ4n) is 2.46. The maximum Gasteiger partial charge on any atom is 0.329 e. The Morgan fingerprint density at radius 3 is 2.52 bits per heavy atom. The molecule has 1 N–H and O–H groups in total. The lowest BCUT2D eigenvalue weighted by Crippen LogP contribution is -2.45. The van der Waals surface area contributed by atoms with E-state index in [1.165, 1.54) is 0 Å². The molecule has 0 saturated carbocycles. The average molecular weight is 455 g/mol. The summed E-state index contributed by atoms with van der Waals surface area (Å²) in [6.45, 7) is 3.70. The monoisotopic (exact) mass is 453 g/mol. The van der Waals surface area contributed by atoms with Crippen molar-refractivity contribution in [3.05, 3.63) is 63.1 Å². The van der Waals surface area contributed by atoms with E-state index in [9.17, 15) is 9.59 Å². The van der Waals surface area contributed by atoms with Crippen LogP contribution in [0.1, 0.15) is 29.8 Å². The van der Waals surface area contributed by atoms with E-state index in [1.54, 1.807) is 37.4 Å². The van der Waals surface area contributed by atoms with E-state index in [0.29, 0.717) is 16.3 Å². The Kier molecular flexibility index (Phi) is 7.68. The molecule has 0 aliphatic heterocycles. The summed E-state index contributed by atoms with van der Waals surface area (Å²) in [7, 11) is 1.55. The van der Waals surface area contributed by atoms with E-state index in [2.05, 4.69) is 21.2 Å². The van der Waals surface area contributed by atoms with Crippen LogP contribution in [0.4, 0.5) is 0 Å². The predicted octanol–water partition coefficient (Wildman–Crippen LogP) is 4.61. The van der Waals surface area contributed by atoms with Gasteiger partial charge in [0.1, 0.15) is 18.4 Å². The van der Waals surface area contributed by atoms with Gasteiger partial charge in [-0.25, -0.2) is 4.79 Å². The number of carbonyl (C=O) groups excluding carboxylic acids is 2. The first-order chi connectivity index (χ1) is 12.8. The van der Waals surface area contributed by atoms with E-state index in [-0.39, 0.29) is 12.5 Å². The first-order valence-corrected chi connectivity index (χ1v) is 9.55. The van der Waals surface area contributed by atoms with Crippen LogP contribution in [0.15, 0.2) is 46.9 Å². The molecule has 0 fully saturated rings. The molecule has 0 aromatic heterocycles. The van der Waals surface area contributed by atoms with E-state index in [1.807, 2.05) is 26.0 Å². The molecule has 0 heterocycles. The number of amides is 1. The van der Waals surface area contributed by atoms with Crippen LogP contribution in [-0.4, -0.2) is 25.0 Å². The number of benzene rings is 2. The zero-order valence-corrected chi connectivity index (χ0v) is 17.6. The summed E-state index contributed by atoms with van der Waals surface area (Å²) in [6, 6.07) is 11.3. The van der Waals surface area contributed by atoms with E-state index in [0.717, 1.165) is 10.0 Å². The number of halogens is 2. The van der Waals surface area contributed by atoms with Crippen LogP contribution in [0.25, 0.3) is 0 Å². The van der Waals surface area contributed by atoms with Crippen LogP contribution >= 0.6 is 27.5 Å². The van der Waals surface area contributed by atoms with Gasteiger partial charge >= 0.3 is 5.97 Å². The van der Waals surface area contributed by atoms with Gasteiger partial charge in [-0.1, -0.05) is 53.5 Å². The molecule has 0 aliphatic carbocycles. The van der Waals surface area contributed by atoms with Gasteiger partial charge in [-0.05, 0) is 36.2 Å². The summed E-state index contributed by atoms with van der Waals surface area (Å²) in [5.41, 5.74) is 1.03. The van der Waals surface area contributed by atoms with Gasteiger partial charge in [0, 0.05) is 10.0 Å². The molecule has 2 aromatic rings. The summed E-state index contributed by atoms with van der Waals surface area (Å²) in [4.78, 5) is 25.0. The van der Waals surface area contributed by atoms with Crippen LogP contribution in [0.2, 0.25) is 5.02 Å². The van der Waals surface area contributed by atoms with Crippen molar-refractivity contribution in [1.82, 2.24) is 5.32 Å². The van der Waals surface area contributed by atoms with Crippen molar-refractivity contribution in [2.45, 2.75) is 26.5 Å². The lowest BCUT2D eigenvalue weighted by atomic mass is 10.0. The number of ether oxygens (including phenoxy) is 2. The zero-order valence-electron chi connectivity index (χ0n) is 15.3. The third kappa shape index (κ3) is 5.71. The highest BCUT2D eigenvalue weighted by atomic mass is 79.9. The quantitative estimate of drug-likeness (QED) is 0.621. The number of hydrogen-bond acceptors (Lipinski definition) is 4. The molecule has 1 amide bonds. The van der Waals surface area contributed by atoms with Crippen molar-refractivity contribution in [2.24, 2.45) is 5.92 Å². The fraction of sp³-hybridized carbons (Fsp3) is 0.300. The molecule has 27 heavy (non-hydrogen) atoms. The topological polar surface area (TPSA) is 64.6 Å². The summed E-state index contributed by atoms with van der Waals surface area (Å²) < 4.78 is 11.6. The predicted molar refractivity (Wildman–Crippen MR) is 108 cm³/mol. The van der Waals surface area contributed by atoms with E-state index < -0.39 is 17.9 Å². The second-order valence-electron chi connectivity index (χ2n) is 6.24. The van der Waals surface area contributed by atoms with Crippen LogP contribution in [-0.2, 0) is 16.1 Å². The normalized spacial score (nSPS) is 11.8. The van der Waals surface area contributed by atoms with Crippen molar-refractivity contribution in [1.29, 1.82) is 0 Å². The molecule has 144 valence electrons. The van der Waals surface area contributed by atoms with Crippen LogP contribution in [0.5, 0.6) is 5.75 Å². The Morgan fingerprint density at radius 1 is 1.19 bits per heavy atom. The van der Waals surface area contributed by atoms with Gasteiger partial charge in [-0.2, -0.15) is 0 Å². The van der Waals surface area contributed by atoms with Crippen molar-refractivity contribution < 1.29 is 19.1 Å². The lowest BCUT2D eigenvalue weighted by molar-refractivity contribution is -0.148. The third-order valence-electron chi connectivity index (χ3n) is 3.94. The van der Waals surface area contributed by atoms with Gasteiger partial charge in [0.15, 0.2) is 0 Å². The highest BCUT2D eigenvalue weighted by molar-refractivity contribution is 9.10. The Morgan fingerprint density at radius 2 is 1.89 bits per heavy atom. The summed E-state index contributed by atoms with van der Waals surface area (Å²) in [5, 5.41) is 3.04. The van der Waals surface area contributed by atoms with Gasteiger partial charge in [0.25, 0.3) is 5.91 Å². The molecule has 0 aliphatic rings. The van der Waals surface area contributed by atoms with Crippen LogP contribution in [0, 0.1) is 5.92 Å². The van der Waals surface area contributed by atoms with Gasteiger partial charge in [-0.15, -0.1) is 0 Å². The standard InChI is InChI=1S/C20H21BrClNO4/c1-12(2)18(23-19(24)15-6-4-5-7-16(15)22)20(25)27-11-13-10-14(21)8-9-17(13)26-3/h4-10,12,18H,11H2,1-3H3,(H,23,24)/t18-/m0/s1. The van der Waals surface area contributed by atoms with E-state index in [4.69, 9.17) is 21.1 Å². The van der Waals surface area contributed by atoms with Crippen molar-refractivity contribution in [2.75, 3.05) is 7.11 Å². The summed E-state index contributed by atoms with van der Waals surface area (Å²) in [5.74, 6) is -0.482. The van der Waals surface area contributed by atoms with E-state index >= 15 is 0 Å². The molecule has 2 rings (SSSR count). The Hall–Kier alpha value is -2.05. The Balaban J connectivity index is 2.08. The highest BCUT2D eigenvalue weighted by Crippen LogP contribution is 2.24. The second-order valence-corrected chi connectivity index (χ2v) is 7.56. The molecule has 2 aromatic carbocycles. The maximum atomic E-state index is 12.6. The Bertz CT molecular complexity index is 825. The minimum absolute atomic E-state index is 0.0344. The fourth-order valence-corrected chi connectivity index (χ4v) is 3.09. The van der Waals surface area contributed by atoms with Crippen molar-refractivity contribution in [3.63, 3.8) is 0 Å². The number of nitrogens with one attached hydrogen (secondary N) is 1. The lowest BCUT2D eigenvalue weighted by Gasteiger charge is -2.21. The first-order valence-electron chi connectivity index (χ1n) is 8.38. The minimum atomic E-state index is -0.799. The minimum Gasteiger partial charge on any atom is -0.496 e. The molecule has 1 atom stereocenters. The second kappa shape index (κ2) is 9.76. The van der Waals surface area contributed by atoms with Gasteiger partial charge < -0.3 is 14.8 Å². The molecular weight excluding hydrogens is 434 g/mol. The third-order valence-corrected chi connectivity index (χ3v) is 4.76. The van der Waals surface area contributed by atoms with Gasteiger partial charge in [-0.3, -0.25) is 4.79 Å². The maximum absolute atomic E-state index is 12.6. The molecule has 0 spiro atoms. The molecule has 0 radical (unpaired) electrons. The number of methoxy groups -OCH3 is 1. The average Bonchev–Trinajstić information content (AvgIpc) is 2.64. The molecule has 5 nitrogen and oxygen atoms in total. The number of rotatable bonds is 7.